The molecule has 0 unspecified atom stereocenters. The lowest BCUT2D eigenvalue weighted by molar-refractivity contribution is 0.978. The highest BCUT2D eigenvalue weighted by molar-refractivity contribution is 5.65. The van der Waals surface area contributed by atoms with Crippen LogP contribution in [0.5, 0.6) is 0 Å². The van der Waals surface area contributed by atoms with Gasteiger partial charge in [0.05, 0.1) is 23.8 Å². The molecule has 3 heteroatoms. The maximum atomic E-state index is 4.26. The monoisotopic (exact) mass is 255 g/mol. The van der Waals surface area contributed by atoms with Gasteiger partial charge in [-0.1, -0.05) is 24.6 Å². The van der Waals surface area contributed by atoms with E-state index in [2.05, 4.69) is 60.7 Å². The van der Waals surface area contributed by atoms with E-state index in [-0.39, 0.29) is 0 Å². The molecule has 0 amide bonds. The number of pyridine rings is 1. The van der Waals surface area contributed by atoms with Crippen LogP contribution in [0.4, 0.5) is 17.1 Å². The summed E-state index contributed by atoms with van der Waals surface area (Å²) in [5.41, 5.74) is 5.70. The van der Waals surface area contributed by atoms with E-state index in [0.717, 1.165) is 30.0 Å². The van der Waals surface area contributed by atoms with Crippen LogP contribution in [0.2, 0.25) is 0 Å². The predicted octanol–water partition coefficient (Wildman–Crippen LogP) is 4.26. The zero-order chi connectivity index (χ0) is 13.7. The normalized spacial score (nSPS) is 10.3. The van der Waals surface area contributed by atoms with E-state index in [1.165, 1.54) is 11.1 Å². The van der Waals surface area contributed by atoms with E-state index in [1.807, 2.05) is 12.4 Å². The van der Waals surface area contributed by atoms with Crippen LogP contribution in [-0.2, 0) is 0 Å². The molecule has 100 valence electrons. The van der Waals surface area contributed by atoms with Crippen molar-refractivity contribution in [3.05, 3.63) is 47.8 Å². The highest BCUT2D eigenvalue weighted by Gasteiger charge is 2.01. The number of aromatic nitrogens is 1. The molecule has 0 saturated heterocycles. The Morgan fingerprint density at radius 1 is 1.05 bits per heavy atom. The summed E-state index contributed by atoms with van der Waals surface area (Å²) in [7, 11) is 0. The Morgan fingerprint density at radius 3 is 2.58 bits per heavy atom. The number of aryl methyl sites for hydroxylation is 2. The van der Waals surface area contributed by atoms with Gasteiger partial charge in [-0.15, -0.1) is 0 Å². The van der Waals surface area contributed by atoms with Gasteiger partial charge in [-0.25, -0.2) is 0 Å². The molecule has 0 radical (unpaired) electrons. The third-order valence-corrected chi connectivity index (χ3v) is 2.98. The van der Waals surface area contributed by atoms with Gasteiger partial charge in [0.15, 0.2) is 0 Å². The molecule has 2 N–H and O–H groups in total. The van der Waals surface area contributed by atoms with Crippen molar-refractivity contribution in [2.45, 2.75) is 27.2 Å². The second-order valence-electron chi connectivity index (χ2n) is 4.83. The van der Waals surface area contributed by atoms with Crippen LogP contribution in [-0.4, -0.2) is 11.5 Å². The number of rotatable bonds is 5. The molecular formula is C16H21N3. The summed E-state index contributed by atoms with van der Waals surface area (Å²) in [5.74, 6) is 0. The predicted molar refractivity (Wildman–Crippen MR) is 82.2 cm³/mol. The van der Waals surface area contributed by atoms with Crippen molar-refractivity contribution in [2.75, 3.05) is 17.2 Å². The first kappa shape index (κ1) is 13.4. The fourth-order valence-electron chi connectivity index (χ4n) is 1.98. The Hall–Kier alpha value is -2.03. The minimum absolute atomic E-state index is 0.967. The molecule has 1 heterocycles. The maximum Gasteiger partial charge on any atom is 0.0591 e. The second-order valence-corrected chi connectivity index (χ2v) is 4.83. The van der Waals surface area contributed by atoms with Gasteiger partial charge in [0.25, 0.3) is 0 Å². The van der Waals surface area contributed by atoms with Gasteiger partial charge in [0, 0.05) is 12.2 Å². The topological polar surface area (TPSA) is 37.0 Å². The van der Waals surface area contributed by atoms with Crippen LogP contribution < -0.4 is 10.6 Å². The summed E-state index contributed by atoms with van der Waals surface area (Å²) in [6, 6.07) is 8.48. The summed E-state index contributed by atoms with van der Waals surface area (Å²) in [5, 5.41) is 6.76. The molecule has 3 nitrogen and oxygen atoms in total. The van der Waals surface area contributed by atoms with Crippen LogP contribution in [0.3, 0.4) is 0 Å². The van der Waals surface area contributed by atoms with Gasteiger partial charge < -0.3 is 10.6 Å². The first-order valence-electron chi connectivity index (χ1n) is 6.72. The average Bonchev–Trinajstić information content (AvgIpc) is 2.40. The minimum Gasteiger partial charge on any atom is -0.384 e. The molecule has 1 aromatic heterocycles. The van der Waals surface area contributed by atoms with Crippen LogP contribution >= 0.6 is 0 Å². The third kappa shape index (κ3) is 3.71. The van der Waals surface area contributed by atoms with Crippen molar-refractivity contribution in [2.24, 2.45) is 0 Å². The molecule has 0 aliphatic carbocycles. The highest BCUT2D eigenvalue weighted by Crippen LogP contribution is 2.22. The molecule has 0 saturated carbocycles. The lowest BCUT2D eigenvalue weighted by atomic mass is 10.1. The molecule has 19 heavy (non-hydrogen) atoms. The fraction of sp³-hybridized carbons (Fsp3) is 0.312. The second kappa shape index (κ2) is 6.23. The van der Waals surface area contributed by atoms with Crippen molar-refractivity contribution in [3.63, 3.8) is 0 Å². The lowest BCUT2D eigenvalue weighted by Gasteiger charge is -2.11. The smallest absolute Gasteiger partial charge is 0.0591 e. The van der Waals surface area contributed by atoms with Crippen LogP contribution in [0.15, 0.2) is 36.7 Å². The maximum absolute atomic E-state index is 4.26. The molecule has 0 fully saturated rings. The summed E-state index contributed by atoms with van der Waals surface area (Å²) < 4.78 is 0. The lowest BCUT2D eigenvalue weighted by Crippen LogP contribution is -2.01. The first-order chi connectivity index (χ1) is 9.19. The zero-order valence-corrected chi connectivity index (χ0v) is 11.8. The van der Waals surface area contributed by atoms with Crippen LogP contribution in [0.25, 0.3) is 0 Å². The number of nitrogens with zero attached hydrogens (tertiary/aromatic N) is 1. The Balaban J connectivity index is 2.14. The van der Waals surface area contributed by atoms with Crippen LogP contribution in [0.1, 0.15) is 24.5 Å². The summed E-state index contributed by atoms with van der Waals surface area (Å²) in [6.07, 6.45) is 4.80. The first-order valence-corrected chi connectivity index (χ1v) is 6.72. The molecule has 0 atom stereocenters. The molecule has 2 aromatic rings. The van der Waals surface area contributed by atoms with Crippen molar-refractivity contribution in [3.8, 4) is 0 Å². The van der Waals surface area contributed by atoms with E-state index >= 15 is 0 Å². The van der Waals surface area contributed by atoms with E-state index in [1.54, 1.807) is 0 Å². The minimum atomic E-state index is 0.967. The van der Waals surface area contributed by atoms with Gasteiger partial charge in [0.1, 0.15) is 0 Å². The Bertz CT molecular complexity index is 549. The Morgan fingerprint density at radius 2 is 1.84 bits per heavy atom. The largest absolute Gasteiger partial charge is 0.384 e. The third-order valence-electron chi connectivity index (χ3n) is 2.98. The van der Waals surface area contributed by atoms with E-state index in [9.17, 15) is 0 Å². The standard InChI is InChI=1S/C16H21N3/c1-4-7-18-14-9-15(11-17-10-14)19-16-6-5-12(2)8-13(16)3/h5-6,8-11,18-19H,4,7H2,1-3H3. The molecule has 0 spiro atoms. The van der Waals surface area contributed by atoms with Gasteiger partial charge in [-0.2, -0.15) is 0 Å². The quantitative estimate of drug-likeness (QED) is 0.838. The number of hydrogen-bond acceptors (Lipinski definition) is 3. The SMILES string of the molecule is CCCNc1cncc(Nc2ccc(C)cc2C)c1. The number of nitrogens with one attached hydrogen (secondary N) is 2. The zero-order valence-electron chi connectivity index (χ0n) is 11.8. The van der Waals surface area contributed by atoms with E-state index in [4.69, 9.17) is 0 Å². The van der Waals surface area contributed by atoms with Gasteiger partial charge >= 0.3 is 0 Å². The summed E-state index contributed by atoms with van der Waals surface area (Å²) in [4.78, 5) is 4.26. The molecular weight excluding hydrogens is 234 g/mol. The van der Waals surface area contributed by atoms with Crippen molar-refractivity contribution >= 4 is 17.1 Å². The van der Waals surface area contributed by atoms with E-state index in [0.29, 0.717) is 0 Å². The van der Waals surface area contributed by atoms with Crippen molar-refractivity contribution < 1.29 is 0 Å². The Kier molecular flexibility index (Phi) is 4.39. The van der Waals surface area contributed by atoms with Gasteiger partial charge in [-0.3, -0.25) is 4.98 Å². The highest BCUT2D eigenvalue weighted by atomic mass is 14.9. The molecule has 0 aliphatic heterocycles. The van der Waals surface area contributed by atoms with Gasteiger partial charge in [-0.05, 0) is 38.0 Å². The Labute approximate surface area is 115 Å². The average molecular weight is 255 g/mol. The molecule has 2 rings (SSSR count). The van der Waals surface area contributed by atoms with Crippen molar-refractivity contribution in [1.82, 2.24) is 4.98 Å². The number of benzene rings is 1. The van der Waals surface area contributed by atoms with Crippen LogP contribution in [0, 0.1) is 13.8 Å². The molecule has 0 bridgehead atoms. The fourth-order valence-corrected chi connectivity index (χ4v) is 1.98. The molecule has 0 aliphatic rings. The summed E-state index contributed by atoms with van der Waals surface area (Å²) >= 11 is 0. The van der Waals surface area contributed by atoms with Crippen molar-refractivity contribution in [1.29, 1.82) is 0 Å². The van der Waals surface area contributed by atoms with Gasteiger partial charge in [0.2, 0.25) is 0 Å². The number of anilines is 3. The molecule has 1 aromatic carbocycles. The summed E-state index contributed by atoms with van der Waals surface area (Å²) in [6.45, 7) is 7.34. The van der Waals surface area contributed by atoms with E-state index < -0.39 is 0 Å². The number of hydrogen-bond donors (Lipinski definition) is 2.